The number of hydrogen-bond acceptors (Lipinski definition) is 7. The van der Waals surface area contributed by atoms with Crippen molar-refractivity contribution in [3.63, 3.8) is 0 Å². The summed E-state index contributed by atoms with van der Waals surface area (Å²) in [7, 11) is 0. The molecule has 0 amide bonds. The molecule has 1 aliphatic rings. The first-order valence-electron chi connectivity index (χ1n) is 7.29. The van der Waals surface area contributed by atoms with E-state index in [1.165, 1.54) is 6.33 Å². The molecule has 22 heavy (non-hydrogen) atoms. The first kappa shape index (κ1) is 14.2. The Morgan fingerprint density at radius 3 is 2.86 bits per heavy atom. The summed E-state index contributed by atoms with van der Waals surface area (Å²) in [4.78, 5) is 8.38. The highest BCUT2D eigenvalue weighted by Crippen LogP contribution is 2.35. The number of ether oxygens (including phenoxy) is 2. The highest BCUT2D eigenvalue weighted by molar-refractivity contribution is 5.78. The molecule has 1 aromatic heterocycles. The molecule has 3 rings (SSSR count). The van der Waals surface area contributed by atoms with Crippen LogP contribution >= 0.6 is 0 Å². The van der Waals surface area contributed by atoms with E-state index in [9.17, 15) is 0 Å². The van der Waals surface area contributed by atoms with Gasteiger partial charge in [-0.2, -0.15) is 0 Å². The Bertz CT molecular complexity index is 662. The third-order valence-corrected chi connectivity index (χ3v) is 3.34. The Morgan fingerprint density at radius 1 is 1.18 bits per heavy atom. The molecule has 7 nitrogen and oxygen atoms in total. The molecule has 2 aromatic rings. The smallest absolute Gasteiger partial charge is 0.231 e. The van der Waals surface area contributed by atoms with Gasteiger partial charge in [0.15, 0.2) is 23.1 Å². The summed E-state index contributed by atoms with van der Waals surface area (Å²) >= 11 is 0. The Labute approximate surface area is 128 Å². The van der Waals surface area contributed by atoms with Gasteiger partial charge in [-0.3, -0.25) is 0 Å². The third-order valence-electron chi connectivity index (χ3n) is 3.34. The van der Waals surface area contributed by atoms with Crippen molar-refractivity contribution >= 4 is 23.0 Å². The largest absolute Gasteiger partial charge is 0.454 e. The van der Waals surface area contributed by atoms with Crippen LogP contribution < -0.4 is 25.8 Å². The zero-order chi connectivity index (χ0) is 15.4. The van der Waals surface area contributed by atoms with Gasteiger partial charge in [-0.25, -0.2) is 9.97 Å². The monoisotopic (exact) mass is 301 g/mol. The minimum absolute atomic E-state index is 0.250. The second-order valence-electron chi connectivity index (χ2n) is 4.96. The van der Waals surface area contributed by atoms with Crippen molar-refractivity contribution in [2.75, 3.05) is 29.7 Å². The van der Waals surface area contributed by atoms with Crippen LogP contribution in [0.25, 0.3) is 0 Å². The van der Waals surface area contributed by atoms with Crippen molar-refractivity contribution in [1.82, 2.24) is 9.97 Å². The average Bonchev–Trinajstić information content (AvgIpc) is 2.99. The van der Waals surface area contributed by atoms with Crippen molar-refractivity contribution in [2.45, 2.75) is 19.8 Å². The average molecular weight is 301 g/mol. The maximum Gasteiger partial charge on any atom is 0.231 e. The van der Waals surface area contributed by atoms with Crippen LogP contribution in [0.2, 0.25) is 0 Å². The van der Waals surface area contributed by atoms with Crippen molar-refractivity contribution in [1.29, 1.82) is 0 Å². The number of nitrogens with zero attached hydrogens (tertiary/aromatic N) is 2. The van der Waals surface area contributed by atoms with Crippen LogP contribution in [-0.2, 0) is 0 Å². The summed E-state index contributed by atoms with van der Waals surface area (Å²) in [6.45, 7) is 3.22. The van der Waals surface area contributed by atoms with Crippen molar-refractivity contribution in [3.05, 3.63) is 24.5 Å². The van der Waals surface area contributed by atoms with Crippen molar-refractivity contribution in [3.8, 4) is 11.5 Å². The maximum atomic E-state index is 6.12. The van der Waals surface area contributed by atoms with Crippen molar-refractivity contribution < 1.29 is 9.47 Å². The van der Waals surface area contributed by atoms with E-state index in [1.54, 1.807) is 0 Å². The highest BCUT2D eigenvalue weighted by Gasteiger charge is 2.14. The molecule has 0 unspecified atom stereocenters. The minimum Gasteiger partial charge on any atom is -0.454 e. The molecule has 0 bridgehead atoms. The highest BCUT2D eigenvalue weighted by atomic mass is 16.7. The van der Waals surface area contributed by atoms with E-state index >= 15 is 0 Å². The summed E-state index contributed by atoms with van der Waals surface area (Å²) in [5.74, 6) is 2.65. The molecule has 116 valence electrons. The van der Waals surface area contributed by atoms with Crippen LogP contribution in [0.15, 0.2) is 24.5 Å². The normalized spacial score (nSPS) is 12.2. The van der Waals surface area contributed by atoms with E-state index in [1.807, 2.05) is 18.2 Å². The number of hydrogen-bond donors (Lipinski definition) is 3. The molecule has 2 heterocycles. The van der Waals surface area contributed by atoms with E-state index in [2.05, 4.69) is 27.5 Å². The summed E-state index contributed by atoms with van der Waals surface area (Å²) < 4.78 is 10.6. The van der Waals surface area contributed by atoms with Crippen LogP contribution in [0.3, 0.4) is 0 Å². The number of nitrogens with two attached hydrogens (primary N) is 1. The van der Waals surface area contributed by atoms with Gasteiger partial charge in [0.05, 0.1) is 0 Å². The van der Waals surface area contributed by atoms with Gasteiger partial charge < -0.3 is 25.8 Å². The SMILES string of the molecule is CCCCNc1ncnc(Nc2ccc3c(c2)OCO3)c1N. The Kier molecular flexibility index (Phi) is 4.13. The Balaban J connectivity index is 1.76. The van der Waals surface area contributed by atoms with Gasteiger partial charge in [-0.1, -0.05) is 13.3 Å². The molecule has 0 saturated carbocycles. The molecule has 0 atom stereocenters. The standard InChI is InChI=1S/C15H19N5O2/c1-2-3-6-17-14-13(16)15(19-8-18-14)20-10-4-5-11-12(7-10)22-9-21-11/h4-5,7-8H,2-3,6,9,16H2,1H3,(H2,17,18,19,20). The second kappa shape index (κ2) is 6.38. The van der Waals surface area contributed by atoms with Gasteiger partial charge in [-0.05, 0) is 18.6 Å². The number of nitrogens with one attached hydrogen (secondary N) is 2. The first-order valence-corrected chi connectivity index (χ1v) is 7.29. The summed E-state index contributed by atoms with van der Waals surface area (Å²) in [5.41, 5.74) is 7.44. The Hall–Kier alpha value is -2.70. The lowest BCUT2D eigenvalue weighted by Gasteiger charge is -2.12. The molecule has 4 N–H and O–H groups in total. The van der Waals surface area contributed by atoms with Crippen LogP contribution in [-0.4, -0.2) is 23.3 Å². The molecule has 1 aromatic carbocycles. The van der Waals surface area contributed by atoms with Gasteiger partial charge in [0.2, 0.25) is 6.79 Å². The zero-order valence-electron chi connectivity index (χ0n) is 12.4. The van der Waals surface area contributed by atoms with Crippen LogP contribution in [0, 0.1) is 0 Å². The number of fused-ring (bicyclic) bond motifs is 1. The van der Waals surface area contributed by atoms with E-state index in [0.717, 1.165) is 30.8 Å². The number of nitrogen functional groups attached to an aromatic ring is 1. The quantitative estimate of drug-likeness (QED) is 0.706. The molecular weight excluding hydrogens is 282 g/mol. The van der Waals surface area contributed by atoms with E-state index in [4.69, 9.17) is 15.2 Å². The summed E-state index contributed by atoms with van der Waals surface area (Å²) in [5, 5.41) is 6.40. The maximum absolute atomic E-state index is 6.12. The summed E-state index contributed by atoms with van der Waals surface area (Å²) in [6.07, 6.45) is 3.66. The number of unbranched alkanes of at least 4 members (excludes halogenated alkanes) is 1. The van der Waals surface area contributed by atoms with Gasteiger partial charge >= 0.3 is 0 Å². The zero-order valence-corrected chi connectivity index (χ0v) is 12.4. The molecule has 0 radical (unpaired) electrons. The fourth-order valence-corrected chi connectivity index (χ4v) is 2.13. The minimum atomic E-state index is 0.250. The molecule has 0 aliphatic carbocycles. The molecule has 0 fully saturated rings. The molecule has 0 spiro atoms. The fourth-order valence-electron chi connectivity index (χ4n) is 2.13. The van der Waals surface area contributed by atoms with Crippen LogP contribution in [0.5, 0.6) is 11.5 Å². The first-order chi connectivity index (χ1) is 10.8. The topological polar surface area (TPSA) is 94.3 Å². The Morgan fingerprint density at radius 2 is 2.00 bits per heavy atom. The van der Waals surface area contributed by atoms with Crippen molar-refractivity contribution in [2.24, 2.45) is 0 Å². The fraction of sp³-hybridized carbons (Fsp3) is 0.333. The molecule has 7 heteroatoms. The molecule has 1 aliphatic heterocycles. The lowest BCUT2D eigenvalue weighted by molar-refractivity contribution is 0.174. The number of rotatable bonds is 6. The van der Waals surface area contributed by atoms with Gasteiger partial charge in [-0.15, -0.1) is 0 Å². The number of aromatic nitrogens is 2. The van der Waals surface area contributed by atoms with E-state index in [-0.39, 0.29) is 6.79 Å². The van der Waals surface area contributed by atoms with Gasteiger partial charge in [0, 0.05) is 18.3 Å². The number of anilines is 4. The van der Waals surface area contributed by atoms with Crippen LogP contribution in [0.1, 0.15) is 19.8 Å². The predicted octanol–water partition coefficient (Wildman–Crippen LogP) is 2.74. The molecule has 0 saturated heterocycles. The second-order valence-corrected chi connectivity index (χ2v) is 4.96. The van der Waals surface area contributed by atoms with E-state index in [0.29, 0.717) is 23.1 Å². The predicted molar refractivity (Wildman–Crippen MR) is 85.7 cm³/mol. The van der Waals surface area contributed by atoms with Gasteiger partial charge in [0.25, 0.3) is 0 Å². The summed E-state index contributed by atoms with van der Waals surface area (Å²) in [6, 6.07) is 5.59. The third kappa shape index (κ3) is 2.98. The molecular formula is C15H19N5O2. The number of benzene rings is 1. The lowest BCUT2D eigenvalue weighted by atomic mass is 10.2. The van der Waals surface area contributed by atoms with Gasteiger partial charge in [0.1, 0.15) is 12.0 Å². The lowest BCUT2D eigenvalue weighted by Crippen LogP contribution is -2.09. The van der Waals surface area contributed by atoms with E-state index < -0.39 is 0 Å². The van der Waals surface area contributed by atoms with Crippen LogP contribution in [0.4, 0.5) is 23.0 Å².